The van der Waals surface area contributed by atoms with Gasteiger partial charge in [0, 0.05) is 29.2 Å². The molecule has 0 saturated carbocycles. The van der Waals surface area contributed by atoms with Gasteiger partial charge in [0.25, 0.3) is 11.6 Å². The zero-order valence-electron chi connectivity index (χ0n) is 18.2. The quantitative estimate of drug-likeness (QED) is 0.214. The third kappa shape index (κ3) is 5.28. The highest BCUT2D eigenvalue weighted by molar-refractivity contribution is 6.12. The molecule has 3 N–H and O–H groups in total. The van der Waals surface area contributed by atoms with Crippen molar-refractivity contribution in [3.8, 4) is 5.75 Å². The first-order valence-corrected chi connectivity index (χ1v) is 9.94. The molecule has 0 unspecified atom stereocenters. The molecule has 9 heteroatoms. The van der Waals surface area contributed by atoms with Crippen LogP contribution in [-0.4, -0.2) is 29.0 Å². The van der Waals surface area contributed by atoms with Gasteiger partial charge in [0.2, 0.25) is 0 Å². The standard InChI is InChI=1S/C25H21N3O6/c1-16(6-7-17-4-3-5-20(14-17)28(32)33)27(19-10-8-18(9-11-19)25(30)31)24(29)22-15-21(34-2)12-13-23(22)26/h3-15H,1,26H2,2H3,(H,30,31)/b7-6+. The Morgan fingerprint density at radius 3 is 2.44 bits per heavy atom. The first-order chi connectivity index (χ1) is 16.2. The number of hydrogen-bond acceptors (Lipinski definition) is 6. The highest BCUT2D eigenvalue weighted by Crippen LogP contribution is 2.28. The number of rotatable bonds is 8. The summed E-state index contributed by atoms with van der Waals surface area (Å²) in [4.78, 5) is 36.6. The molecule has 172 valence electrons. The number of aromatic carboxylic acids is 1. The number of hydrogen-bond donors (Lipinski definition) is 2. The number of anilines is 2. The second-order valence-electron chi connectivity index (χ2n) is 7.12. The molecule has 0 heterocycles. The second kappa shape index (κ2) is 10.1. The predicted octanol–water partition coefficient (Wildman–Crippen LogP) is 4.76. The fraction of sp³-hybridized carbons (Fsp3) is 0.0400. The molecule has 0 aliphatic heterocycles. The number of carboxylic acid groups (broad SMARTS) is 1. The first kappa shape index (κ1) is 23.7. The van der Waals surface area contributed by atoms with Gasteiger partial charge in [-0.25, -0.2) is 4.79 Å². The van der Waals surface area contributed by atoms with Gasteiger partial charge >= 0.3 is 5.97 Å². The summed E-state index contributed by atoms with van der Waals surface area (Å²) in [5.41, 5.74) is 7.50. The van der Waals surface area contributed by atoms with E-state index in [4.69, 9.17) is 10.5 Å². The van der Waals surface area contributed by atoms with E-state index in [1.54, 1.807) is 30.3 Å². The van der Waals surface area contributed by atoms with Crippen molar-refractivity contribution in [3.05, 3.63) is 112 Å². The topological polar surface area (TPSA) is 136 Å². The van der Waals surface area contributed by atoms with Crippen molar-refractivity contribution >= 4 is 35.0 Å². The second-order valence-corrected chi connectivity index (χ2v) is 7.12. The number of nitrogen functional groups attached to an aromatic ring is 1. The number of carbonyl (C=O) groups is 2. The number of methoxy groups -OCH3 is 1. The number of nitro benzene ring substituents is 1. The Bertz CT molecular complexity index is 1300. The van der Waals surface area contributed by atoms with Gasteiger partial charge in [0.05, 0.1) is 23.2 Å². The van der Waals surface area contributed by atoms with Crippen LogP contribution >= 0.6 is 0 Å². The van der Waals surface area contributed by atoms with E-state index in [2.05, 4.69) is 6.58 Å². The number of nitro groups is 1. The van der Waals surface area contributed by atoms with Crippen LogP contribution in [0.5, 0.6) is 5.75 Å². The summed E-state index contributed by atoms with van der Waals surface area (Å²) < 4.78 is 5.20. The lowest BCUT2D eigenvalue weighted by Crippen LogP contribution is -2.30. The number of benzene rings is 3. The van der Waals surface area contributed by atoms with E-state index in [0.717, 1.165) is 0 Å². The SMILES string of the molecule is C=C(/C=C/c1cccc([N+](=O)[O-])c1)N(C(=O)c1cc(OC)ccc1N)c1ccc(C(=O)O)cc1. The van der Waals surface area contributed by atoms with E-state index in [1.807, 2.05) is 0 Å². The summed E-state index contributed by atoms with van der Waals surface area (Å²) >= 11 is 0. The van der Waals surface area contributed by atoms with Crippen molar-refractivity contribution in [1.82, 2.24) is 0 Å². The Balaban J connectivity index is 2.03. The average Bonchev–Trinajstić information content (AvgIpc) is 2.83. The minimum absolute atomic E-state index is 0.0507. The maximum atomic E-state index is 13.5. The van der Waals surface area contributed by atoms with E-state index >= 15 is 0 Å². The predicted molar refractivity (Wildman–Crippen MR) is 129 cm³/mol. The fourth-order valence-electron chi connectivity index (χ4n) is 3.14. The molecule has 34 heavy (non-hydrogen) atoms. The van der Waals surface area contributed by atoms with Gasteiger partial charge in [-0.15, -0.1) is 0 Å². The molecule has 0 bridgehead atoms. The number of nitrogens with zero attached hydrogens (tertiary/aromatic N) is 2. The summed E-state index contributed by atoms with van der Waals surface area (Å²) in [6.07, 6.45) is 3.11. The molecule has 3 aromatic rings. The highest BCUT2D eigenvalue weighted by Gasteiger charge is 2.22. The molecular formula is C25H21N3O6. The van der Waals surface area contributed by atoms with Crippen LogP contribution in [0.3, 0.4) is 0 Å². The lowest BCUT2D eigenvalue weighted by atomic mass is 10.1. The van der Waals surface area contributed by atoms with Gasteiger partial charge in [0.15, 0.2) is 0 Å². The van der Waals surface area contributed by atoms with E-state index in [0.29, 0.717) is 17.0 Å². The molecule has 0 aliphatic rings. The first-order valence-electron chi connectivity index (χ1n) is 9.94. The summed E-state index contributed by atoms with van der Waals surface area (Å²) in [5.74, 6) is -1.20. The van der Waals surface area contributed by atoms with Crippen molar-refractivity contribution in [2.45, 2.75) is 0 Å². The molecule has 3 aromatic carbocycles. The Morgan fingerprint density at radius 1 is 1.12 bits per heavy atom. The number of non-ortho nitro benzene ring substituents is 1. The summed E-state index contributed by atoms with van der Waals surface area (Å²) in [6.45, 7) is 3.98. The summed E-state index contributed by atoms with van der Waals surface area (Å²) in [5, 5.41) is 20.2. The lowest BCUT2D eigenvalue weighted by Gasteiger charge is -2.24. The number of amides is 1. The maximum Gasteiger partial charge on any atom is 0.335 e. The van der Waals surface area contributed by atoms with Gasteiger partial charge in [-0.2, -0.15) is 0 Å². The van der Waals surface area contributed by atoms with E-state index in [1.165, 1.54) is 60.6 Å². The average molecular weight is 459 g/mol. The van der Waals surface area contributed by atoms with Gasteiger partial charge < -0.3 is 15.6 Å². The normalized spacial score (nSPS) is 10.6. The Kier molecular flexibility index (Phi) is 7.07. The van der Waals surface area contributed by atoms with Crippen LogP contribution in [-0.2, 0) is 0 Å². The van der Waals surface area contributed by atoms with E-state index in [9.17, 15) is 24.8 Å². The van der Waals surface area contributed by atoms with Gasteiger partial charge in [0.1, 0.15) is 5.75 Å². The molecule has 1 amide bonds. The maximum absolute atomic E-state index is 13.5. The monoisotopic (exact) mass is 459 g/mol. The molecule has 0 aliphatic carbocycles. The fourth-order valence-corrected chi connectivity index (χ4v) is 3.14. The Hall–Kier alpha value is -4.92. The molecule has 0 aromatic heterocycles. The summed E-state index contributed by atoms with van der Waals surface area (Å²) in [6, 6.07) is 16.3. The molecule has 9 nitrogen and oxygen atoms in total. The van der Waals surface area contributed by atoms with Crippen molar-refractivity contribution in [3.63, 3.8) is 0 Å². The van der Waals surface area contributed by atoms with Crippen LogP contribution in [0, 0.1) is 10.1 Å². The van der Waals surface area contributed by atoms with Crippen molar-refractivity contribution in [2.75, 3.05) is 17.7 Å². The number of allylic oxidation sites excluding steroid dienone is 1. The summed E-state index contributed by atoms with van der Waals surface area (Å²) in [7, 11) is 1.46. The number of carboxylic acids is 1. The van der Waals surface area contributed by atoms with Gasteiger partial charge in [-0.05, 0) is 54.1 Å². The molecule has 3 rings (SSSR count). The van der Waals surface area contributed by atoms with Gasteiger partial charge in [-0.1, -0.05) is 24.8 Å². The zero-order valence-corrected chi connectivity index (χ0v) is 18.2. The Labute approximate surface area is 195 Å². The molecule has 0 radical (unpaired) electrons. The molecular weight excluding hydrogens is 438 g/mol. The van der Waals surface area contributed by atoms with Crippen molar-refractivity contribution < 1.29 is 24.4 Å². The van der Waals surface area contributed by atoms with Crippen LogP contribution in [0.2, 0.25) is 0 Å². The third-order valence-electron chi connectivity index (χ3n) is 4.90. The minimum Gasteiger partial charge on any atom is -0.497 e. The molecule has 0 atom stereocenters. The Morgan fingerprint density at radius 2 is 1.82 bits per heavy atom. The van der Waals surface area contributed by atoms with Crippen LogP contribution in [0.25, 0.3) is 6.08 Å². The van der Waals surface area contributed by atoms with E-state index < -0.39 is 16.8 Å². The van der Waals surface area contributed by atoms with Crippen molar-refractivity contribution in [2.24, 2.45) is 0 Å². The number of nitrogens with two attached hydrogens (primary N) is 1. The zero-order chi connectivity index (χ0) is 24.8. The smallest absolute Gasteiger partial charge is 0.335 e. The molecule has 0 fully saturated rings. The minimum atomic E-state index is -1.11. The van der Waals surface area contributed by atoms with Crippen LogP contribution in [0.4, 0.5) is 17.1 Å². The number of carbonyl (C=O) groups excluding carboxylic acids is 1. The molecule has 0 spiro atoms. The third-order valence-corrected chi connectivity index (χ3v) is 4.90. The van der Waals surface area contributed by atoms with Crippen LogP contribution in [0.1, 0.15) is 26.3 Å². The van der Waals surface area contributed by atoms with E-state index in [-0.39, 0.29) is 28.2 Å². The number of ether oxygens (including phenoxy) is 1. The van der Waals surface area contributed by atoms with Crippen molar-refractivity contribution in [1.29, 1.82) is 0 Å². The largest absolute Gasteiger partial charge is 0.497 e. The van der Waals surface area contributed by atoms with Gasteiger partial charge in [-0.3, -0.25) is 19.8 Å². The van der Waals surface area contributed by atoms with Crippen LogP contribution in [0.15, 0.2) is 85.1 Å². The molecule has 0 saturated heterocycles. The lowest BCUT2D eigenvalue weighted by molar-refractivity contribution is -0.384. The highest BCUT2D eigenvalue weighted by atomic mass is 16.6. The van der Waals surface area contributed by atoms with Crippen LogP contribution < -0.4 is 15.4 Å².